The molecule has 0 aromatic heterocycles. The van der Waals surface area contributed by atoms with E-state index in [0.717, 1.165) is 5.69 Å². The molecule has 0 heterocycles. The largest absolute Gasteiger partial charge is 0.305 e. The highest BCUT2D eigenvalue weighted by Gasteiger charge is 2.05. The number of benzene rings is 1. The Morgan fingerprint density at radius 2 is 2.00 bits per heavy atom. The second-order valence-electron chi connectivity index (χ2n) is 2.42. The SMILES string of the molecule is CN(C(=O)C#CI)c1ccccc1. The van der Waals surface area contributed by atoms with E-state index in [1.165, 1.54) is 4.90 Å². The van der Waals surface area contributed by atoms with Crippen LogP contribution in [0.1, 0.15) is 0 Å². The number of halogens is 1. The number of hydrogen-bond donors (Lipinski definition) is 0. The van der Waals surface area contributed by atoms with Crippen molar-refractivity contribution in [2.75, 3.05) is 11.9 Å². The number of carbonyl (C=O) groups excluding carboxylic acids is 1. The summed E-state index contributed by atoms with van der Waals surface area (Å²) in [5.74, 6) is 2.27. The fourth-order valence-corrected chi connectivity index (χ4v) is 1.12. The number of hydrogen-bond acceptors (Lipinski definition) is 1. The Bertz CT molecular complexity index is 350. The number of nitrogens with zero attached hydrogens (tertiary/aromatic N) is 1. The van der Waals surface area contributed by atoms with Gasteiger partial charge in [-0.1, -0.05) is 18.2 Å². The Morgan fingerprint density at radius 3 is 2.54 bits per heavy atom. The van der Waals surface area contributed by atoms with Crippen molar-refractivity contribution in [1.29, 1.82) is 0 Å². The van der Waals surface area contributed by atoms with Crippen molar-refractivity contribution in [1.82, 2.24) is 0 Å². The Hall–Kier alpha value is -1.02. The summed E-state index contributed by atoms with van der Waals surface area (Å²) in [6.07, 6.45) is 0. The van der Waals surface area contributed by atoms with Crippen molar-refractivity contribution < 1.29 is 4.79 Å². The highest BCUT2D eigenvalue weighted by molar-refractivity contribution is 14.1. The average Bonchev–Trinajstić information content (AvgIpc) is 2.18. The zero-order valence-corrected chi connectivity index (χ0v) is 9.28. The first-order valence-corrected chi connectivity index (χ1v) is 4.78. The van der Waals surface area contributed by atoms with Gasteiger partial charge in [-0.2, -0.15) is 0 Å². The minimum atomic E-state index is -0.194. The Kier molecular flexibility index (Phi) is 3.77. The van der Waals surface area contributed by atoms with E-state index in [-0.39, 0.29) is 5.91 Å². The minimum Gasteiger partial charge on any atom is -0.305 e. The number of amides is 1. The van der Waals surface area contributed by atoms with Gasteiger partial charge in [0, 0.05) is 41.2 Å². The van der Waals surface area contributed by atoms with E-state index in [1.807, 2.05) is 52.9 Å². The van der Waals surface area contributed by atoms with Gasteiger partial charge in [0.25, 0.3) is 0 Å². The highest BCUT2D eigenvalue weighted by Crippen LogP contribution is 2.10. The lowest BCUT2D eigenvalue weighted by Crippen LogP contribution is -2.24. The molecule has 3 heteroatoms. The van der Waals surface area contributed by atoms with Crippen molar-refractivity contribution >= 4 is 34.2 Å². The van der Waals surface area contributed by atoms with Crippen molar-refractivity contribution in [2.24, 2.45) is 0 Å². The molecular weight excluding hydrogens is 277 g/mol. The molecule has 0 saturated heterocycles. The van der Waals surface area contributed by atoms with Crippen LogP contribution < -0.4 is 4.90 Å². The predicted molar refractivity (Wildman–Crippen MR) is 61.6 cm³/mol. The Balaban J connectivity index is 2.84. The molecule has 1 rings (SSSR count). The molecule has 1 aromatic rings. The number of anilines is 1. The van der Waals surface area contributed by atoms with Gasteiger partial charge in [-0.3, -0.25) is 4.79 Å². The molecule has 0 atom stereocenters. The van der Waals surface area contributed by atoms with E-state index in [9.17, 15) is 4.79 Å². The van der Waals surface area contributed by atoms with E-state index in [2.05, 4.69) is 9.85 Å². The first-order chi connectivity index (χ1) is 6.25. The second kappa shape index (κ2) is 4.87. The van der Waals surface area contributed by atoms with Crippen LogP contribution in [-0.2, 0) is 4.79 Å². The average molecular weight is 285 g/mol. The van der Waals surface area contributed by atoms with Crippen LogP contribution >= 0.6 is 22.6 Å². The fraction of sp³-hybridized carbons (Fsp3) is 0.100. The van der Waals surface area contributed by atoms with Gasteiger partial charge in [0.05, 0.1) is 0 Å². The number of para-hydroxylation sites is 1. The summed E-state index contributed by atoms with van der Waals surface area (Å²) in [6, 6.07) is 9.42. The molecule has 0 radical (unpaired) electrons. The lowest BCUT2D eigenvalue weighted by Gasteiger charge is -2.12. The lowest BCUT2D eigenvalue weighted by molar-refractivity contribution is -0.113. The molecule has 0 saturated carbocycles. The van der Waals surface area contributed by atoms with Gasteiger partial charge < -0.3 is 4.90 Å². The van der Waals surface area contributed by atoms with Gasteiger partial charge in [-0.05, 0) is 16.1 Å². The van der Waals surface area contributed by atoms with Crippen LogP contribution in [0.25, 0.3) is 0 Å². The molecule has 1 amide bonds. The van der Waals surface area contributed by atoms with Gasteiger partial charge in [0.15, 0.2) is 0 Å². The summed E-state index contributed by atoms with van der Waals surface area (Å²) in [5.41, 5.74) is 0.853. The number of carbonyl (C=O) groups is 1. The minimum absolute atomic E-state index is 0.194. The third-order valence-electron chi connectivity index (χ3n) is 1.60. The maximum atomic E-state index is 11.3. The standard InChI is InChI=1S/C10H8INO/c1-12(10(13)7-8-11)9-5-3-2-4-6-9/h2-6H,1H3. The summed E-state index contributed by atoms with van der Waals surface area (Å²) < 4.78 is 2.55. The molecule has 0 spiro atoms. The van der Waals surface area contributed by atoms with Crippen LogP contribution in [0.15, 0.2) is 30.3 Å². The van der Waals surface area contributed by atoms with Crippen molar-refractivity contribution in [2.45, 2.75) is 0 Å². The molecule has 0 aliphatic carbocycles. The van der Waals surface area contributed by atoms with Crippen LogP contribution in [0.4, 0.5) is 5.69 Å². The third-order valence-corrected chi connectivity index (χ3v) is 1.87. The third kappa shape index (κ3) is 2.74. The lowest BCUT2D eigenvalue weighted by atomic mass is 10.3. The Morgan fingerprint density at radius 1 is 1.38 bits per heavy atom. The smallest absolute Gasteiger partial charge is 0.303 e. The Labute approximate surface area is 91.1 Å². The van der Waals surface area contributed by atoms with Gasteiger partial charge in [-0.15, -0.1) is 0 Å². The second-order valence-corrected chi connectivity index (χ2v) is 2.96. The fourth-order valence-electron chi connectivity index (χ4n) is 0.893. The molecule has 0 N–H and O–H groups in total. The topological polar surface area (TPSA) is 20.3 Å². The summed E-state index contributed by atoms with van der Waals surface area (Å²) in [6.45, 7) is 0. The van der Waals surface area contributed by atoms with Crippen molar-refractivity contribution in [3.63, 3.8) is 0 Å². The zero-order chi connectivity index (χ0) is 9.68. The van der Waals surface area contributed by atoms with E-state index in [1.54, 1.807) is 7.05 Å². The molecule has 0 aliphatic rings. The molecule has 0 unspecified atom stereocenters. The molecular formula is C10H8INO. The summed E-state index contributed by atoms with van der Waals surface area (Å²) >= 11 is 1.85. The molecule has 2 nitrogen and oxygen atoms in total. The first-order valence-electron chi connectivity index (χ1n) is 3.70. The zero-order valence-electron chi connectivity index (χ0n) is 7.12. The number of rotatable bonds is 1. The van der Waals surface area contributed by atoms with Gasteiger partial charge in [-0.25, -0.2) is 0 Å². The summed E-state index contributed by atoms with van der Waals surface area (Å²) in [4.78, 5) is 12.8. The molecule has 0 fully saturated rings. The van der Waals surface area contributed by atoms with Crippen LogP contribution in [0.2, 0.25) is 0 Å². The predicted octanol–water partition coefficient (Wildman–Crippen LogP) is 2.05. The van der Waals surface area contributed by atoms with E-state index in [4.69, 9.17) is 0 Å². The normalized spacial score (nSPS) is 8.46. The van der Waals surface area contributed by atoms with Gasteiger partial charge >= 0.3 is 5.91 Å². The van der Waals surface area contributed by atoms with Crippen LogP contribution in [0.5, 0.6) is 0 Å². The maximum absolute atomic E-state index is 11.3. The van der Waals surface area contributed by atoms with Gasteiger partial charge in [0.2, 0.25) is 0 Å². The highest BCUT2D eigenvalue weighted by atomic mass is 127. The first kappa shape index (κ1) is 10.1. The van der Waals surface area contributed by atoms with Crippen molar-refractivity contribution in [3.8, 4) is 9.85 Å². The molecule has 66 valence electrons. The maximum Gasteiger partial charge on any atom is 0.303 e. The van der Waals surface area contributed by atoms with E-state index in [0.29, 0.717) is 0 Å². The van der Waals surface area contributed by atoms with Crippen LogP contribution in [0.3, 0.4) is 0 Å². The quantitative estimate of drug-likeness (QED) is 0.571. The molecule has 0 bridgehead atoms. The molecule has 13 heavy (non-hydrogen) atoms. The monoisotopic (exact) mass is 285 g/mol. The van der Waals surface area contributed by atoms with Crippen LogP contribution in [0, 0.1) is 9.85 Å². The summed E-state index contributed by atoms with van der Waals surface area (Å²) in [7, 11) is 1.71. The summed E-state index contributed by atoms with van der Waals surface area (Å²) in [5, 5.41) is 0. The molecule has 1 aromatic carbocycles. The van der Waals surface area contributed by atoms with Crippen LogP contribution in [-0.4, -0.2) is 13.0 Å². The van der Waals surface area contributed by atoms with Crippen molar-refractivity contribution in [3.05, 3.63) is 30.3 Å². The van der Waals surface area contributed by atoms with Gasteiger partial charge in [0.1, 0.15) is 0 Å². The molecule has 0 aliphatic heterocycles. The van der Waals surface area contributed by atoms with E-state index >= 15 is 0 Å². The van der Waals surface area contributed by atoms with E-state index < -0.39 is 0 Å².